The molecule has 0 amide bonds. The third kappa shape index (κ3) is 7.15. The molecule has 1 saturated carbocycles. The van der Waals surface area contributed by atoms with Crippen LogP contribution in [0.3, 0.4) is 0 Å². The van der Waals surface area contributed by atoms with E-state index in [0.29, 0.717) is 0 Å². The van der Waals surface area contributed by atoms with Crippen molar-refractivity contribution in [2.75, 3.05) is 19.6 Å². The first-order chi connectivity index (χ1) is 10.2. The third-order valence-electron chi connectivity index (χ3n) is 5.31. The number of nitrogens with zero attached hydrogens (tertiary/aromatic N) is 1. The van der Waals surface area contributed by atoms with Crippen LogP contribution in [0.2, 0.25) is 0 Å². The lowest BCUT2D eigenvalue weighted by Gasteiger charge is -2.39. The Kier molecular flexibility index (Phi) is 10.4. The summed E-state index contributed by atoms with van der Waals surface area (Å²) in [6.07, 6.45) is 12.3. The highest BCUT2D eigenvalue weighted by molar-refractivity contribution is 4.83. The van der Waals surface area contributed by atoms with Crippen molar-refractivity contribution in [1.82, 2.24) is 10.2 Å². The van der Waals surface area contributed by atoms with Gasteiger partial charge in [0.2, 0.25) is 0 Å². The Hall–Kier alpha value is -0.0800. The Morgan fingerprint density at radius 3 is 1.95 bits per heavy atom. The lowest BCUT2D eigenvalue weighted by molar-refractivity contribution is 0.118. The number of nitrogens with one attached hydrogen (secondary N) is 1. The molecule has 0 aromatic heterocycles. The molecule has 0 radical (unpaired) electrons. The minimum atomic E-state index is 0.787. The first-order valence-corrected chi connectivity index (χ1v) is 9.70. The van der Waals surface area contributed by atoms with Crippen LogP contribution in [0.4, 0.5) is 0 Å². The average Bonchev–Trinajstić information content (AvgIpc) is 2.53. The summed E-state index contributed by atoms with van der Waals surface area (Å²) in [5.41, 5.74) is 0. The molecule has 0 saturated heterocycles. The van der Waals surface area contributed by atoms with Crippen LogP contribution < -0.4 is 5.32 Å². The molecule has 0 aromatic carbocycles. The lowest BCUT2D eigenvalue weighted by atomic mass is 9.81. The SMILES string of the molecule is CCCCN(CCCC)C(C)C1CCC(NCCC)CC1. The van der Waals surface area contributed by atoms with E-state index in [2.05, 4.69) is 37.9 Å². The van der Waals surface area contributed by atoms with Crippen molar-refractivity contribution in [1.29, 1.82) is 0 Å². The molecule has 1 aliphatic rings. The van der Waals surface area contributed by atoms with Gasteiger partial charge < -0.3 is 10.2 Å². The fourth-order valence-electron chi connectivity index (χ4n) is 3.69. The molecule has 21 heavy (non-hydrogen) atoms. The van der Waals surface area contributed by atoms with Crippen LogP contribution in [0, 0.1) is 5.92 Å². The van der Waals surface area contributed by atoms with Gasteiger partial charge in [-0.25, -0.2) is 0 Å². The second-order valence-corrected chi connectivity index (χ2v) is 7.05. The lowest BCUT2D eigenvalue weighted by Crippen LogP contribution is -2.43. The van der Waals surface area contributed by atoms with Gasteiger partial charge in [-0.15, -0.1) is 0 Å². The first-order valence-electron chi connectivity index (χ1n) is 9.70. The van der Waals surface area contributed by atoms with Gasteiger partial charge in [-0.3, -0.25) is 0 Å². The van der Waals surface area contributed by atoms with Crippen LogP contribution in [0.25, 0.3) is 0 Å². The molecular weight excluding hydrogens is 256 g/mol. The zero-order valence-corrected chi connectivity index (χ0v) is 15.2. The van der Waals surface area contributed by atoms with E-state index in [1.54, 1.807) is 0 Å². The maximum Gasteiger partial charge on any atom is 0.00952 e. The fourth-order valence-corrected chi connectivity index (χ4v) is 3.69. The maximum atomic E-state index is 3.71. The number of rotatable bonds is 11. The molecule has 2 heteroatoms. The fraction of sp³-hybridized carbons (Fsp3) is 1.00. The van der Waals surface area contributed by atoms with E-state index in [-0.39, 0.29) is 0 Å². The molecule has 1 aliphatic carbocycles. The maximum absolute atomic E-state index is 3.71. The standard InChI is InChI=1S/C19H40N2/c1-5-8-15-21(16-9-6-2)17(4)18-10-12-19(13-11-18)20-14-7-3/h17-20H,5-16H2,1-4H3. The molecule has 0 spiro atoms. The molecule has 1 atom stereocenters. The van der Waals surface area contributed by atoms with E-state index in [0.717, 1.165) is 18.0 Å². The predicted octanol–water partition coefficient (Wildman–Crippen LogP) is 4.84. The van der Waals surface area contributed by atoms with Gasteiger partial charge in [-0.1, -0.05) is 33.6 Å². The van der Waals surface area contributed by atoms with E-state index in [1.165, 1.54) is 77.4 Å². The summed E-state index contributed by atoms with van der Waals surface area (Å²) < 4.78 is 0. The van der Waals surface area contributed by atoms with Crippen molar-refractivity contribution < 1.29 is 0 Å². The second kappa shape index (κ2) is 11.5. The summed E-state index contributed by atoms with van der Waals surface area (Å²) in [4.78, 5) is 2.79. The monoisotopic (exact) mass is 296 g/mol. The normalized spacial score (nSPS) is 24.4. The second-order valence-electron chi connectivity index (χ2n) is 7.05. The smallest absolute Gasteiger partial charge is 0.00952 e. The van der Waals surface area contributed by atoms with Crippen LogP contribution in [-0.4, -0.2) is 36.6 Å². The zero-order valence-electron chi connectivity index (χ0n) is 15.2. The molecule has 0 aliphatic heterocycles. The Morgan fingerprint density at radius 1 is 0.905 bits per heavy atom. The molecule has 1 unspecified atom stereocenters. The molecule has 0 heterocycles. The van der Waals surface area contributed by atoms with E-state index in [4.69, 9.17) is 0 Å². The molecule has 0 aromatic rings. The predicted molar refractivity (Wildman–Crippen MR) is 94.9 cm³/mol. The van der Waals surface area contributed by atoms with Crippen LogP contribution in [0.5, 0.6) is 0 Å². The quantitative estimate of drug-likeness (QED) is 0.587. The molecule has 0 bridgehead atoms. The minimum absolute atomic E-state index is 0.787. The summed E-state index contributed by atoms with van der Waals surface area (Å²) in [5, 5.41) is 3.71. The first kappa shape index (κ1) is 19.0. The average molecular weight is 297 g/mol. The highest BCUT2D eigenvalue weighted by Crippen LogP contribution is 2.29. The number of unbranched alkanes of at least 4 members (excludes halogenated alkanes) is 2. The van der Waals surface area contributed by atoms with E-state index in [9.17, 15) is 0 Å². The van der Waals surface area contributed by atoms with Crippen LogP contribution in [-0.2, 0) is 0 Å². The van der Waals surface area contributed by atoms with Gasteiger partial charge in [0.05, 0.1) is 0 Å². The summed E-state index contributed by atoms with van der Waals surface area (Å²) in [6.45, 7) is 13.2. The van der Waals surface area contributed by atoms with Crippen molar-refractivity contribution >= 4 is 0 Å². The molecular formula is C19H40N2. The van der Waals surface area contributed by atoms with Gasteiger partial charge in [0, 0.05) is 12.1 Å². The Balaban J connectivity index is 2.38. The minimum Gasteiger partial charge on any atom is -0.314 e. The van der Waals surface area contributed by atoms with Gasteiger partial charge in [-0.2, -0.15) is 0 Å². The Labute approximate surface area is 134 Å². The van der Waals surface area contributed by atoms with Crippen molar-refractivity contribution in [2.24, 2.45) is 5.92 Å². The Bertz CT molecular complexity index is 226. The third-order valence-corrected chi connectivity index (χ3v) is 5.31. The largest absolute Gasteiger partial charge is 0.314 e. The topological polar surface area (TPSA) is 15.3 Å². The van der Waals surface area contributed by atoms with Gasteiger partial charge in [0.1, 0.15) is 0 Å². The van der Waals surface area contributed by atoms with Gasteiger partial charge in [0.15, 0.2) is 0 Å². The summed E-state index contributed by atoms with van der Waals surface area (Å²) in [6, 6.07) is 1.59. The van der Waals surface area contributed by atoms with Crippen LogP contribution in [0.15, 0.2) is 0 Å². The molecule has 1 N–H and O–H groups in total. The van der Waals surface area contributed by atoms with E-state index < -0.39 is 0 Å². The van der Waals surface area contributed by atoms with Crippen molar-refractivity contribution in [3.8, 4) is 0 Å². The molecule has 1 rings (SSSR count). The summed E-state index contributed by atoms with van der Waals surface area (Å²) in [7, 11) is 0. The summed E-state index contributed by atoms with van der Waals surface area (Å²) >= 11 is 0. The zero-order chi connectivity index (χ0) is 15.5. The molecule has 2 nitrogen and oxygen atoms in total. The highest BCUT2D eigenvalue weighted by atomic mass is 15.1. The Morgan fingerprint density at radius 2 is 1.48 bits per heavy atom. The van der Waals surface area contributed by atoms with Crippen LogP contribution >= 0.6 is 0 Å². The highest BCUT2D eigenvalue weighted by Gasteiger charge is 2.27. The van der Waals surface area contributed by atoms with Crippen molar-refractivity contribution in [3.05, 3.63) is 0 Å². The van der Waals surface area contributed by atoms with Gasteiger partial charge >= 0.3 is 0 Å². The number of hydrogen-bond donors (Lipinski definition) is 1. The summed E-state index contributed by atoms with van der Waals surface area (Å²) in [5.74, 6) is 0.929. The molecule has 126 valence electrons. The van der Waals surface area contributed by atoms with E-state index in [1.807, 2.05) is 0 Å². The van der Waals surface area contributed by atoms with E-state index >= 15 is 0 Å². The van der Waals surface area contributed by atoms with Gasteiger partial charge in [-0.05, 0) is 77.4 Å². The number of hydrogen-bond acceptors (Lipinski definition) is 2. The van der Waals surface area contributed by atoms with Gasteiger partial charge in [0.25, 0.3) is 0 Å². The van der Waals surface area contributed by atoms with Crippen molar-refractivity contribution in [2.45, 2.75) is 97.6 Å². The van der Waals surface area contributed by atoms with Crippen molar-refractivity contribution in [3.63, 3.8) is 0 Å². The van der Waals surface area contributed by atoms with Crippen LogP contribution in [0.1, 0.15) is 85.5 Å². The molecule has 1 fully saturated rings.